The van der Waals surface area contributed by atoms with E-state index in [-0.39, 0.29) is 0 Å². The standard InChI is InChI=1S/C9H6Cl4O2S/c10-6-3-1-5(2-4-6)7(11)15-8(14)9(12,13)16/h1-4,7,16H. The molecule has 0 saturated heterocycles. The van der Waals surface area contributed by atoms with Gasteiger partial charge in [-0.05, 0) is 12.1 Å². The molecule has 1 unspecified atom stereocenters. The lowest BCUT2D eigenvalue weighted by atomic mass is 10.2. The van der Waals surface area contributed by atoms with E-state index in [1.807, 2.05) is 0 Å². The molecule has 0 fully saturated rings. The van der Waals surface area contributed by atoms with Crippen molar-refractivity contribution in [2.75, 3.05) is 0 Å². The fourth-order valence-corrected chi connectivity index (χ4v) is 1.34. The molecule has 0 heterocycles. The minimum atomic E-state index is -1.92. The van der Waals surface area contributed by atoms with E-state index in [2.05, 4.69) is 12.6 Å². The van der Waals surface area contributed by atoms with Crippen LogP contribution in [0, 0.1) is 0 Å². The van der Waals surface area contributed by atoms with Gasteiger partial charge in [-0.15, -0.1) is 12.6 Å². The summed E-state index contributed by atoms with van der Waals surface area (Å²) >= 11 is 26.0. The maximum Gasteiger partial charge on any atom is 0.354 e. The van der Waals surface area contributed by atoms with Crippen LogP contribution >= 0.6 is 59.0 Å². The highest BCUT2D eigenvalue weighted by atomic mass is 35.5. The summed E-state index contributed by atoms with van der Waals surface area (Å²) in [5.41, 5.74) is -0.431. The van der Waals surface area contributed by atoms with Crippen LogP contribution in [0.1, 0.15) is 11.1 Å². The van der Waals surface area contributed by atoms with Crippen LogP contribution in [0.5, 0.6) is 0 Å². The van der Waals surface area contributed by atoms with Crippen LogP contribution in [0.4, 0.5) is 0 Å². The number of carbonyl (C=O) groups is 1. The Morgan fingerprint density at radius 1 is 1.31 bits per heavy atom. The minimum absolute atomic E-state index is 0.553. The monoisotopic (exact) mass is 318 g/mol. The quantitative estimate of drug-likeness (QED) is 0.514. The Balaban J connectivity index is 2.69. The second-order valence-electron chi connectivity index (χ2n) is 2.81. The van der Waals surface area contributed by atoms with Gasteiger partial charge in [-0.1, -0.05) is 58.5 Å². The van der Waals surface area contributed by atoms with E-state index in [1.165, 1.54) is 0 Å². The second kappa shape index (κ2) is 5.69. The first-order chi connectivity index (χ1) is 7.30. The third-order valence-corrected chi connectivity index (χ3v) is 2.67. The number of halogens is 4. The molecule has 0 aromatic heterocycles. The normalized spacial score (nSPS) is 13.3. The van der Waals surface area contributed by atoms with Crippen LogP contribution in [0.3, 0.4) is 0 Å². The highest BCUT2D eigenvalue weighted by molar-refractivity contribution is 7.86. The Kier molecular flexibility index (Phi) is 5.08. The number of ether oxygens (including phenoxy) is 1. The lowest BCUT2D eigenvalue weighted by Gasteiger charge is -2.15. The summed E-state index contributed by atoms with van der Waals surface area (Å²) in [5.74, 6) is -0.936. The number of esters is 1. The first-order valence-corrected chi connectivity index (χ1v) is 6.03. The molecule has 0 bridgehead atoms. The first kappa shape index (κ1) is 14.3. The van der Waals surface area contributed by atoms with Gasteiger partial charge in [0.05, 0.1) is 0 Å². The predicted molar refractivity (Wildman–Crippen MR) is 69.6 cm³/mol. The third-order valence-electron chi connectivity index (χ3n) is 1.59. The molecule has 0 spiro atoms. The van der Waals surface area contributed by atoms with Crippen LogP contribution in [0.15, 0.2) is 24.3 Å². The van der Waals surface area contributed by atoms with E-state index < -0.39 is 15.2 Å². The van der Waals surface area contributed by atoms with Gasteiger partial charge in [0, 0.05) is 10.6 Å². The molecule has 7 heteroatoms. The topological polar surface area (TPSA) is 26.3 Å². The van der Waals surface area contributed by atoms with Crippen molar-refractivity contribution < 1.29 is 9.53 Å². The summed E-state index contributed by atoms with van der Waals surface area (Å²) in [6.45, 7) is 0. The molecule has 1 aromatic carbocycles. The van der Waals surface area contributed by atoms with Gasteiger partial charge in [-0.3, -0.25) is 0 Å². The Bertz CT molecular complexity index is 374. The summed E-state index contributed by atoms with van der Waals surface area (Å²) in [4.78, 5) is 11.2. The van der Waals surface area contributed by atoms with Crippen molar-refractivity contribution in [3.8, 4) is 0 Å². The fourth-order valence-electron chi connectivity index (χ4n) is 0.847. The molecular formula is C9H6Cl4O2S. The van der Waals surface area contributed by atoms with E-state index in [9.17, 15) is 4.79 Å². The highest BCUT2D eigenvalue weighted by Gasteiger charge is 2.32. The van der Waals surface area contributed by atoms with Crippen LogP contribution in [-0.2, 0) is 9.53 Å². The second-order valence-corrected chi connectivity index (χ2v) is 6.17. The summed E-state index contributed by atoms with van der Waals surface area (Å²) in [7, 11) is 0. The predicted octanol–water partition coefficient (Wildman–Crippen LogP) is 4.18. The third kappa shape index (κ3) is 4.22. The Labute approximate surface area is 118 Å². The van der Waals surface area contributed by atoms with Gasteiger partial charge < -0.3 is 4.74 Å². The van der Waals surface area contributed by atoms with Crippen molar-refractivity contribution in [2.24, 2.45) is 0 Å². The average molecular weight is 320 g/mol. The van der Waals surface area contributed by atoms with Crippen molar-refractivity contribution in [3.63, 3.8) is 0 Å². The average Bonchev–Trinajstić information content (AvgIpc) is 2.17. The van der Waals surface area contributed by atoms with Gasteiger partial charge in [0.2, 0.25) is 5.56 Å². The van der Waals surface area contributed by atoms with Crippen LogP contribution in [0.2, 0.25) is 5.02 Å². The zero-order valence-corrected chi connectivity index (χ0v) is 11.6. The SMILES string of the molecule is O=C(OC(Cl)c1ccc(Cl)cc1)C(S)(Cl)Cl. The molecule has 1 aromatic rings. The maximum absolute atomic E-state index is 11.2. The van der Waals surface area contributed by atoms with Crippen LogP contribution < -0.4 is 0 Å². The zero-order chi connectivity index (χ0) is 12.3. The number of thiol groups is 1. The molecule has 2 nitrogen and oxygen atoms in total. The van der Waals surface area contributed by atoms with E-state index in [0.29, 0.717) is 10.6 Å². The van der Waals surface area contributed by atoms with E-state index >= 15 is 0 Å². The van der Waals surface area contributed by atoms with E-state index in [4.69, 9.17) is 51.1 Å². The lowest BCUT2D eigenvalue weighted by molar-refractivity contribution is -0.144. The molecule has 0 aliphatic heterocycles. The number of hydrogen-bond donors (Lipinski definition) is 1. The van der Waals surface area contributed by atoms with Gasteiger partial charge in [0.15, 0.2) is 0 Å². The largest absolute Gasteiger partial charge is 0.439 e. The summed E-state index contributed by atoms with van der Waals surface area (Å²) in [6, 6.07) is 6.48. The number of benzene rings is 1. The Morgan fingerprint density at radius 3 is 2.25 bits per heavy atom. The highest BCUT2D eigenvalue weighted by Crippen LogP contribution is 2.31. The number of rotatable bonds is 3. The molecule has 88 valence electrons. The molecular weight excluding hydrogens is 314 g/mol. The molecule has 1 rings (SSSR count). The van der Waals surface area contributed by atoms with Gasteiger partial charge in [0.1, 0.15) is 0 Å². The minimum Gasteiger partial charge on any atom is -0.439 e. The van der Waals surface area contributed by atoms with E-state index in [0.717, 1.165) is 0 Å². The van der Waals surface area contributed by atoms with Crippen molar-refractivity contribution >= 4 is 65.0 Å². The molecule has 0 saturated carbocycles. The maximum atomic E-state index is 11.2. The van der Waals surface area contributed by atoms with Crippen molar-refractivity contribution in [3.05, 3.63) is 34.9 Å². The van der Waals surface area contributed by atoms with E-state index in [1.54, 1.807) is 24.3 Å². The van der Waals surface area contributed by atoms with Gasteiger partial charge in [0.25, 0.3) is 3.67 Å². The molecule has 0 aliphatic carbocycles. The lowest BCUT2D eigenvalue weighted by Crippen LogP contribution is -2.22. The first-order valence-electron chi connectivity index (χ1n) is 4.01. The zero-order valence-electron chi connectivity index (χ0n) is 7.66. The Hall–Kier alpha value is 0.200. The molecule has 0 radical (unpaired) electrons. The van der Waals surface area contributed by atoms with Gasteiger partial charge in [-0.2, -0.15) is 0 Å². The number of carbonyl (C=O) groups excluding carboxylic acids is 1. The number of hydrogen-bond acceptors (Lipinski definition) is 3. The van der Waals surface area contributed by atoms with Crippen molar-refractivity contribution in [2.45, 2.75) is 9.23 Å². The van der Waals surface area contributed by atoms with Crippen molar-refractivity contribution in [1.82, 2.24) is 0 Å². The van der Waals surface area contributed by atoms with Gasteiger partial charge in [-0.25, -0.2) is 4.79 Å². The fraction of sp³-hybridized carbons (Fsp3) is 0.222. The molecule has 16 heavy (non-hydrogen) atoms. The summed E-state index contributed by atoms with van der Waals surface area (Å²) < 4.78 is 2.87. The molecule has 0 aliphatic rings. The number of alkyl halides is 3. The van der Waals surface area contributed by atoms with Crippen molar-refractivity contribution in [1.29, 1.82) is 0 Å². The summed E-state index contributed by atoms with van der Waals surface area (Å²) in [6.07, 6.45) is 0. The van der Waals surface area contributed by atoms with Crippen LogP contribution in [0.25, 0.3) is 0 Å². The van der Waals surface area contributed by atoms with Crippen LogP contribution in [-0.4, -0.2) is 9.63 Å². The molecule has 0 amide bonds. The smallest absolute Gasteiger partial charge is 0.354 e. The van der Waals surface area contributed by atoms with Gasteiger partial charge >= 0.3 is 5.97 Å². The summed E-state index contributed by atoms with van der Waals surface area (Å²) in [5, 5.41) is 0.553. The molecule has 1 atom stereocenters. The molecule has 0 N–H and O–H groups in total. The Morgan fingerprint density at radius 2 is 1.81 bits per heavy atom.